The van der Waals surface area contributed by atoms with Gasteiger partial charge in [0.1, 0.15) is 23.2 Å². The lowest BCUT2D eigenvalue weighted by Gasteiger charge is -2.11. The molecule has 0 radical (unpaired) electrons. The molecule has 0 bridgehead atoms. The van der Waals surface area contributed by atoms with Crippen molar-refractivity contribution in [1.29, 1.82) is 0 Å². The molecule has 2 rings (SSSR count). The molecule has 2 aromatic rings. The van der Waals surface area contributed by atoms with E-state index in [9.17, 15) is 4.39 Å². The Morgan fingerprint density at radius 2 is 2.00 bits per heavy atom. The Morgan fingerprint density at radius 3 is 2.60 bits per heavy atom. The molecule has 0 aliphatic rings. The summed E-state index contributed by atoms with van der Waals surface area (Å²) in [6, 6.07) is 6.24. The third kappa shape index (κ3) is 3.45. The fourth-order valence-corrected chi connectivity index (χ4v) is 1.79. The van der Waals surface area contributed by atoms with Crippen LogP contribution in [0.1, 0.15) is 25.6 Å². The SMILES string of the molecule is CNc1cc(Oc2ccc(Br)c(F)c2)nc(C(C)C)n1. The third-order valence-corrected chi connectivity index (χ3v) is 3.25. The highest BCUT2D eigenvalue weighted by molar-refractivity contribution is 9.10. The van der Waals surface area contributed by atoms with Crippen LogP contribution in [0.3, 0.4) is 0 Å². The maximum Gasteiger partial charge on any atom is 0.224 e. The van der Waals surface area contributed by atoms with Crippen LogP contribution in [0.25, 0.3) is 0 Å². The Balaban J connectivity index is 2.32. The number of hydrogen-bond donors (Lipinski definition) is 1. The van der Waals surface area contributed by atoms with Crippen LogP contribution in [0, 0.1) is 5.82 Å². The number of rotatable bonds is 4. The number of nitrogens with zero attached hydrogens (tertiary/aromatic N) is 2. The summed E-state index contributed by atoms with van der Waals surface area (Å²) < 4.78 is 19.5. The number of halogens is 2. The number of aromatic nitrogens is 2. The average molecular weight is 340 g/mol. The van der Waals surface area contributed by atoms with Gasteiger partial charge in [-0.3, -0.25) is 0 Å². The highest BCUT2D eigenvalue weighted by Gasteiger charge is 2.10. The quantitative estimate of drug-likeness (QED) is 0.900. The molecular weight excluding hydrogens is 325 g/mol. The lowest BCUT2D eigenvalue weighted by Crippen LogP contribution is -2.03. The lowest BCUT2D eigenvalue weighted by atomic mass is 10.2. The van der Waals surface area contributed by atoms with E-state index < -0.39 is 0 Å². The van der Waals surface area contributed by atoms with Gasteiger partial charge in [-0.2, -0.15) is 4.98 Å². The van der Waals surface area contributed by atoms with Crippen molar-refractivity contribution < 1.29 is 9.13 Å². The first-order valence-electron chi connectivity index (χ1n) is 6.19. The number of hydrogen-bond acceptors (Lipinski definition) is 4. The second kappa shape index (κ2) is 6.17. The predicted molar refractivity (Wildman–Crippen MR) is 79.8 cm³/mol. The van der Waals surface area contributed by atoms with Gasteiger partial charge in [-0.15, -0.1) is 0 Å². The molecule has 6 heteroatoms. The van der Waals surface area contributed by atoms with Crippen molar-refractivity contribution in [1.82, 2.24) is 9.97 Å². The molecule has 0 atom stereocenters. The molecular formula is C14H15BrFN3O. The van der Waals surface area contributed by atoms with Crippen LogP contribution >= 0.6 is 15.9 Å². The summed E-state index contributed by atoms with van der Waals surface area (Å²) in [6.07, 6.45) is 0. The minimum atomic E-state index is -0.380. The van der Waals surface area contributed by atoms with Gasteiger partial charge in [-0.25, -0.2) is 9.37 Å². The Kier molecular flexibility index (Phi) is 4.54. The van der Waals surface area contributed by atoms with Gasteiger partial charge in [-0.05, 0) is 28.1 Å². The zero-order valence-corrected chi connectivity index (χ0v) is 13.0. The van der Waals surface area contributed by atoms with Crippen LogP contribution in [0.5, 0.6) is 11.6 Å². The van der Waals surface area contributed by atoms with Gasteiger partial charge in [0.25, 0.3) is 0 Å². The van der Waals surface area contributed by atoms with Crippen molar-refractivity contribution in [2.75, 3.05) is 12.4 Å². The van der Waals surface area contributed by atoms with E-state index in [1.54, 1.807) is 25.2 Å². The first kappa shape index (κ1) is 14.7. The highest BCUT2D eigenvalue weighted by atomic mass is 79.9. The van der Waals surface area contributed by atoms with Gasteiger partial charge in [0.2, 0.25) is 5.88 Å². The molecule has 0 aliphatic carbocycles. The molecule has 4 nitrogen and oxygen atoms in total. The molecule has 0 saturated carbocycles. The zero-order chi connectivity index (χ0) is 14.7. The first-order chi connectivity index (χ1) is 9.49. The fourth-order valence-electron chi connectivity index (χ4n) is 1.54. The number of ether oxygens (including phenoxy) is 1. The van der Waals surface area contributed by atoms with Crippen molar-refractivity contribution in [3.63, 3.8) is 0 Å². The van der Waals surface area contributed by atoms with E-state index in [4.69, 9.17) is 4.74 Å². The first-order valence-corrected chi connectivity index (χ1v) is 6.98. The molecule has 1 heterocycles. The Hall–Kier alpha value is -1.69. The summed E-state index contributed by atoms with van der Waals surface area (Å²) in [7, 11) is 1.77. The summed E-state index contributed by atoms with van der Waals surface area (Å²) in [6.45, 7) is 4.00. The smallest absolute Gasteiger partial charge is 0.224 e. The van der Waals surface area contributed by atoms with E-state index in [0.717, 1.165) is 0 Å². The van der Waals surface area contributed by atoms with E-state index >= 15 is 0 Å². The molecule has 0 saturated heterocycles. The van der Waals surface area contributed by atoms with Gasteiger partial charge >= 0.3 is 0 Å². The van der Waals surface area contributed by atoms with Crippen LogP contribution in [0.15, 0.2) is 28.7 Å². The van der Waals surface area contributed by atoms with Crippen LogP contribution in [0.2, 0.25) is 0 Å². The van der Waals surface area contributed by atoms with Gasteiger partial charge in [0, 0.05) is 25.1 Å². The Morgan fingerprint density at radius 1 is 1.25 bits per heavy atom. The Bertz CT molecular complexity index is 619. The average Bonchev–Trinajstić information content (AvgIpc) is 2.42. The molecule has 0 fully saturated rings. The van der Waals surface area contributed by atoms with Crippen LogP contribution < -0.4 is 10.1 Å². The maximum absolute atomic E-state index is 13.5. The zero-order valence-electron chi connectivity index (χ0n) is 11.4. The predicted octanol–water partition coefficient (Wildman–Crippen LogP) is 4.34. The van der Waals surface area contributed by atoms with Crippen molar-refractivity contribution in [3.8, 4) is 11.6 Å². The molecule has 1 N–H and O–H groups in total. The van der Waals surface area contributed by atoms with Crippen molar-refractivity contribution in [3.05, 3.63) is 40.4 Å². The van der Waals surface area contributed by atoms with E-state index in [1.807, 2.05) is 13.8 Å². The maximum atomic E-state index is 13.5. The topological polar surface area (TPSA) is 47.0 Å². The minimum absolute atomic E-state index is 0.173. The standard InChI is InChI=1S/C14H15BrFN3O/c1-8(2)14-18-12(17-3)7-13(19-14)20-9-4-5-10(15)11(16)6-9/h4-8H,1-3H3,(H,17,18,19). The van der Waals surface area contributed by atoms with Crippen LogP contribution in [0.4, 0.5) is 10.2 Å². The summed E-state index contributed by atoms with van der Waals surface area (Å²) in [5, 5.41) is 2.96. The second-order valence-corrected chi connectivity index (χ2v) is 5.39. The molecule has 0 unspecified atom stereocenters. The summed E-state index contributed by atoms with van der Waals surface area (Å²) in [5.74, 6) is 1.90. The van der Waals surface area contributed by atoms with Crippen LogP contribution in [-0.4, -0.2) is 17.0 Å². The molecule has 1 aromatic carbocycles. The minimum Gasteiger partial charge on any atom is -0.439 e. The molecule has 20 heavy (non-hydrogen) atoms. The lowest BCUT2D eigenvalue weighted by molar-refractivity contribution is 0.452. The van der Waals surface area contributed by atoms with Gasteiger partial charge in [-0.1, -0.05) is 13.8 Å². The van der Waals surface area contributed by atoms with E-state index in [-0.39, 0.29) is 11.7 Å². The van der Waals surface area contributed by atoms with E-state index in [1.165, 1.54) is 6.07 Å². The van der Waals surface area contributed by atoms with E-state index in [0.29, 0.717) is 27.7 Å². The van der Waals surface area contributed by atoms with Gasteiger partial charge in [0.15, 0.2) is 0 Å². The fraction of sp³-hybridized carbons (Fsp3) is 0.286. The normalized spacial score (nSPS) is 10.7. The number of anilines is 1. The molecule has 0 spiro atoms. The van der Waals surface area contributed by atoms with Gasteiger partial charge < -0.3 is 10.1 Å². The largest absolute Gasteiger partial charge is 0.439 e. The van der Waals surface area contributed by atoms with Crippen molar-refractivity contribution in [2.45, 2.75) is 19.8 Å². The molecule has 0 aliphatic heterocycles. The summed E-state index contributed by atoms with van der Waals surface area (Å²) >= 11 is 3.10. The summed E-state index contributed by atoms with van der Waals surface area (Å²) in [4.78, 5) is 8.66. The van der Waals surface area contributed by atoms with Gasteiger partial charge in [0.05, 0.1) is 4.47 Å². The van der Waals surface area contributed by atoms with Crippen LogP contribution in [-0.2, 0) is 0 Å². The number of nitrogens with one attached hydrogen (secondary N) is 1. The highest BCUT2D eigenvalue weighted by Crippen LogP contribution is 2.26. The van der Waals surface area contributed by atoms with Crippen molar-refractivity contribution >= 4 is 21.7 Å². The Labute approximate surface area is 125 Å². The molecule has 1 aromatic heterocycles. The monoisotopic (exact) mass is 339 g/mol. The molecule has 0 amide bonds. The molecule has 106 valence electrons. The number of benzene rings is 1. The van der Waals surface area contributed by atoms with E-state index in [2.05, 4.69) is 31.2 Å². The third-order valence-electron chi connectivity index (χ3n) is 2.61. The summed E-state index contributed by atoms with van der Waals surface area (Å²) in [5.41, 5.74) is 0. The second-order valence-electron chi connectivity index (χ2n) is 4.53. The van der Waals surface area contributed by atoms with Crippen molar-refractivity contribution in [2.24, 2.45) is 0 Å².